The molecule has 1 amide bonds. The van der Waals surface area contributed by atoms with Gasteiger partial charge >= 0.3 is 0 Å². The summed E-state index contributed by atoms with van der Waals surface area (Å²) in [4.78, 5) is 16.1. The summed E-state index contributed by atoms with van der Waals surface area (Å²) in [6, 6.07) is 12.4. The molecule has 0 aliphatic carbocycles. The smallest absolute Gasteiger partial charge is 0.266 e. The fourth-order valence-corrected chi connectivity index (χ4v) is 2.15. The quantitative estimate of drug-likeness (QED) is 0.776. The van der Waals surface area contributed by atoms with Gasteiger partial charge in [0.2, 0.25) is 11.8 Å². The van der Waals surface area contributed by atoms with Gasteiger partial charge in [0.1, 0.15) is 5.69 Å². The first-order chi connectivity index (χ1) is 11.2. The van der Waals surface area contributed by atoms with E-state index in [1.165, 1.54) is 0 Å². The molecule has 0 spiro atoms. The predicted octanol–water partition coefficient (Wildman–Crippen LogP) is 3.36. The van der Waals surface area contributed by atoms with Gasteiger partial charge in [-0.25, -0.2) is 0 Å². The number of pyridine rings is 1. The van der Waals surface area contributed by atoms with Crippen LogP contribution in [0.4, 0.5) is 5.69 Å². The zero-order valence-electron chi connectivity index (χ0n) is 12.1. The zero-order chi connectivity index (χ0) is 16.1. The van der Waals surface area contributed by atoms with Crippen LogP contribution >= 0.6 is 11.6 Å². The molecule has 0 aliphatic heterocycles. The van der Waals surface area contributed by atoms with Gasteiger partial charge in [-0.1, -0.05) is 23.7 Å². The Bertz CT molecular complexity index is 805. The van der Waals surface area contributed by atoms with Crippen LogP contribution in [0.1, 0.15) is 12.3 Å². The molecule has 0 unspecified atom stereocenters. The Hall–Kier alpha value is -2.73. The van der Waals surface area contributed by atoms with Gasteiger partial charge in [-0.15, -0.1) is 10.2 Å². The van der Waals surface area contributed by atoms with E-state index in [2.05, 4.69) is 20.5 Å². The molecule has 0 bridgehead atoms. The lowest BCUT2D eigenvalue weighted by atomic mass is 10.2. The maximum Gasteiger partial charge on any atom is 0.266 e. The summed E-state index contributed by atoms with van der Waals surface area (Å²) in [5.41, 5.74) is 1.26. The predicted molar refractivity (Wildman–Crippen MR) is 85.9 cm³/mol. The number of rotatable bonds is 5. The highest BCUT2D eigenvalue weighted by Gasteiger charge is 2.11. The fraction of sp³-hybridized carbons (Fsp3) is 0.125. The van der Waals surface area contributed by atoms with Crippen LogP contribution in [-0.2, 0) is 11.2 Å². The fourth-order valence-electron chi connectivity index (χ4n) is 1.96. The average Bonchev–Trinajstić information content (AvgIpc) is 3.03. The third-order valence-electron chi connectivity index (χ3n) is 3.03. The van der Waals surface area contributed by atoms with Crippen LogP contribution in [0.5, 0.6) is 0 Å². The Morgan fingerprint density at radius 3 is 2.87 bits per heavy atom. The van der Waals surface area contributed by atoms with Crippen LogP contribution < -0.4 is 5.32 Å². The first-order valence-electron chi connectivity index (χ1n) is 7.00. The lowest BCUT2D eigenvalue weighted by Gasteiger charge is -2.04. The van der Waals surface area contributed by atoms with Crippen molar-refractivity contribution in [3.05, 3.63) is 59.6 Å². The number of halogens is 1. The molecular weight excluding hydrogens is 316 g/mol. The second kappa shape index (κ2) is 7.02. The molecule has 0 aliphatic rings. The number of carbonyl (C=O) groups excluding carboxylic acids is 1. The van der Waals surface area contributed by atoms with Crippen molar-refractivity contribution in [3.63, 3.8) is 0 Å². The van der Waals surface area contributed by atoms with E-state index < -0.39 is 0 Å². The van der Waals surface area contributed by atoms with Crippen molar-refractivity contribution in [2.24, 2.45) is 0 Å². The third kappa shape index (κ3) is 4.14. The van der Waals surface area contributed by atoms with E-state index in [4.69, 9.17) is 16.0 Å². The van der Waals surface area contributed by atoms with Gasteiger partial charge < -0.3 is 9.73 Å². The summed E-state index contributed by atoms with van der Waals surface area (Å²) in [7, 11) is 0. The largest absolute Gasteiger partial charge is 0.419 e. The zero-order valence-corrected chi connectivity index (χ0v) is 12.8. The molecule has 23 heavy (non-hydrogen) atoms. The van der Waals surface area contributed by atoms with E-state index in [0.29, 0.717) is 34.6 Å². The number of hydrogen-bond acceptors (Lipinski definition) is 5. The highest BCUT2D eigenvalue weighted by molar-refractivity contribution is 6.30. The van der Waals surface area contributed by atoms with E-state index in [-0.39, 0.29) is 12.3 Å². The highest BCUT2D eigenvalue weighted by Crippen LogP contribution is 2.17. The van der Waals surface area contributed by atoms with Gasteiger partial charge in [0, 0.05) is 29.7 Å². The number of benzene rings is 1. The Morgan fingerprint density at radius 2 is 2.09 bits per heavy atom. The van der Waals surface area contributed by atoms with Crippen LogP contribution in [0.15, 0.2) is 53.1 Å². The molecule has 0 saturated carbocycles. The summed E-state index contributed by atoms with van der Waals surface area (Å²) in [6.45, 7) is 0. The summed E-state index contributed by atoms with van der Waals surface area (Å²) in [6.07, 6.45) is 2.24. The molecule has 0 radical (unpaired) electrons. The minimum absolute atomic E-state index is 0.148. The Kier molecular flexibility index (Phi) is 4.63. The van der Waals surface area contributed by atoms with Gasteiger partial charge in [-0.05, 0) is 30.3 Å². The van der Waals surface area contributed by atoms with Gasteiger partial charge in [0.05, 0.1) is 0 Å². The molecule has 6 nitrogen and oxygen atoms in total. The maximum atomic E-state index is 11.9. The van der Waals surface area contributed by atoms with Gasteiger partial charge in [0.15, 0.2) is 0 Å². The second-order valence-electron chi connectivity index (χ2n) is 4.77. The van der Waals surface area contributed by atoms with Gasteiger partial charge in [-0.2, -0.15) is 0 Å². The molecular formula is C16H13ClN4O2. The van der Waals surface area contributed by atoms with E-state index >= 15 is 0 Å². The van der Waals surface area contributed by atoms with Crippen LogP contribution in [0.3, 0.4) is 0 Å². The standard InChI is InChI=1S/C16H13ClN4O2/c17-11-4-3-5-12(10-11)19-14(22)7-8-15-20-21-16(23-15)13-6-1-2-9-18-13/h1-6,9-10H,7-8H2,(H,19,22). The second-order valence-corrected chi connectivity index (χ2v) is 5.21. The number of anilines is 1. The van der Waals surface area contributed by atoms with Gasteiger partial charge in [-0.3, -0.25) is 9.78 Å². The number of hydrogen-bond donors (Lipinski definition) is 1. The number of aromatic nitrogens is 3. The summed E-state index contributed by atoms with van der Waals surface area (Å²) in [5.74, 6) is 0.590. The SMILES string of the molecule is O=C(CCc1nnc(-c2ccccn2)o1)Nc1cccc(Cl)c1. The first kappa shape index (κ1) is 15.2. The van der Waals surface area contributed by atoms with Crippen molar-refractivity contribution in [3.8, 4) is 11.6 Å². The summed E-state index contributed by atoms with van der Waals surface area (Å²) in [5, 5.41) is 11.2. The van der Waals surface area contributed by atoms with E-state index in [1.807, 2.05) is 6.07 Å². The number of nitrogens with zero attached hydrogens (tertiary/aromatic N) is 3. The van der Waals surface area contributed by atoms with Crippen molar-refractivity contribution in [2.45, 2.75) is 12.8 Å². The minimum atomic E-state index is -0.148. The molecule has 1 N–H and O–H groups in total. The molecule has 3 aromatic rings. The number of nitrogens with one attached hydrogen (secondary N) is 1. The average molecular weight is 329 g/mol. The van der Waals surface area contributed by atoms with E-state index in [1.54, 1.807) is 42.6 Å². The molecule has 0 saturated heterocycles. The first-order valence-corrected chi connectivity index (χ1v) is 7.38. The number of aryl methyl sites for hydroxylation is 1. The Balaban J connectivity index is 1.56. The highest BCUT2D eigenvalue weighted by atomic mass is 35.5. The molecule has 2 heterocycles. The van der Waals surface area contributed by atoms with Crippen molar-refractivity contribution in [1.82, 2.24) is 15.2 Å². The van der Waals surface area contributed by atoms with E-state index in [0.717, 1.165) is 0 Å². The van der Waals surface area contributed by atoms with Crippen LogP contribution in [0.2, 0.25) is 5.02 Å². The molecule has 3 rings (SSSR count). The molecule has 2 aromatic heterocycles. The van der Waals surface area contributed by atoms with Crippen LogP contribution in [-0.4, -0.2) is 21.1 Å². The molecule has 7 heteroatoms. The number of carbonyl (C=O) groups is 1. The normalized spacial score (nSPS) is 10.5. The van der Waals surface area contributed by atoms with Crippen LogP contribution in [0, 0.1) is 0 Å². The Morgan fingerprint density at radius 1 is 1.17 bits per heavy atom. The van der Waals surface area contributed by atoms with Crippen molar-refractivity contribution in [1.29, 1.82) is 0 Å². The lowest BCUT2D eigenvalue weighted by Crippen LogP contribution is -2.12. The third-order valence-corrected chi connectivity index (χ3v) is 3.26. The minimum Gasteiger partial charge on any atom is -0.419 e. The molecule has 1 aromatic carbocycles. The van der Waals surface area contributed by atoms with Crippen molar-refractivity contribution in [2.75, 3.05) is 5.32 Å². The maximum absolute atomic E-state index is 11.9. The van der Waals surface area contributed by atoms with Crippen molar-refractivity contribution < 1.29 is 9.21 Å². The summed E-state index contributed by atoms with van der Waals surface area (Å²) >= 11 is 5.87. The molecule has 0 atom stereocenters. The summed E-state index contributed by atoms with van der Waals surface area (Å²) < 4.78 is 5.50. The number of amides is 1. The molecule has 0 fully saturated rings. The van der Waals surface area contributed by atoms with Gasteiger partial charge in [0.25, 0.3) is 5.89 Å². The monoisotopic (exact) mass is 328 g/mol. The lowest BCUT2D eigenvalue weighted by molar-refractivity contribution is -0.116. The van der Waals surface area contributed by atoms with Crippen LogP contribution in [0.25, 0.3) is 11.6 Å². The van der Waals surface area contributed by atoms with Crippen molar-refractivity contribution >= 4 is 23.2 Å². The topological polar surface area (TPSA) is 80.9 Å². The van der Waals surface area contributed by atoms with E-state index in [9.17, 15) is 4.79 Å². The molecule has 116 valence electrons. The Labute approximate surface area is 137 Å².